The quantitative estimate of drug-likeness (QED) is 0.594. The predicted molar refractivity (Wildman–Crippen MR) is 102 cm³/mol. The Hall–Kier alpha value is -2.35. The molecule has 2 amide bonds. The summed E-state index contributed by atoms with van der Waals surface area (Å²) >= 11 is 0. The lowest BCUT2D eigenvalue weighted by Gasteiger charge is -2.22. The first kappa shape index (κ1) is 23.7. The number of rotatable bonds is 10. The topological polar surface area (TPSA) is 75.4 Å². The van der Waals surface area contributed by atoms with Crippen molar-refractivity contribution in [1.29, 1.82) is 0 Å². The van der Waals surface area contributed by atoms with Crippen LogP contribution in [-0.4, -0.2) is 48.1 Å². The van der Waals surface area contributed by atoms with Crippen molar-refractivity contribution in [3.63, 3.8) is 0 Å². The maximum atomic E-state index is 12.7. The summed E-state index contributed by atoms with van der Waals surface area (Å²) in [5.41, 5.74) is 6.66. The molecular formula is C20H28F3N3O2. The van der Waals surface area contributed by atoms with Crippen molar-refractivity contribution in [3.05, 3.63) is 48.0 Å². The summed E-state index contributed by atoms with van der Waals surface area (Å²) in [6, 6.07) is 8.54. The lowest BCUT2D eigenvalue weighted by molar-refractivity contribution is -0.184. The number of carbonyl (C=O) groups excluding carboxylic acids is 2. The van der Waals surface area contributed by atoms with Crippen molar-refractivity contribution in [2.75, 3.05) is 13.1 Å². The van der Waals surface area contributed by atoms with Crippen molar-refractivity contribution in [2.24, 2.45) is 5.73 Å². The molecule has 0 aliphatic rings. The highest BCUT2D eigenvalue weighted by Crippen LogP contribution is 2.18. The molecule has 0 saturated carbocycles. The van der Waals surface area contributed by atoms with Crippen LogP contribution in [0.25, 0.3) is 0 Å². The molecule has 0 saturated heterocycles. The average Bonchev–Trinajstić information content (AvgIpc) is 2.64. The fourth-order valence-electron chi connectivity index (χ4n) is 2.57. The predicted octanol–water partition coefficient (Wildman–Crippen LogP) is 2.81. The largest absolute Gasteiger partial charge is 0.471 e. The van der Waals surface area contributed by atoms with Crippen LogP contribution in [0.5, 0.6) is 0 Å². The molecule has 8 heteroatoms. The maximum Gasteiger partial charge on any atom is 0.471 e. The SMILES string of the molecule is CCCN(C/C=C/[C@H](CCc1ccccc1)NC(=O)[C@H](C)N)C(=O)C(F)(F)F. The van der Waals surface area contributed by atoms with E-state index in [1.165, 1.54) is 6.08 Å². The van der Waals surface area contributed by atoms with E-state index in [-0.39, 0.29) is 19.0 Å². The molecule has 28 heavy (non-hydrogen) atoms. The van der Waals surface area contributed by atoms with E-state index in [0.29, 0.717) is 19.3 Å². The Balaban J connectivity index is 2.78. The van der Waals surface area contributed by atoms with Crippen molar-refractivity contribution in [1.82, 2.24) is 10.2 Å². The van der Waals surface area contributed by atoms with Gasteiger partial charge in [0, 0.05) is 19.1 Å². The molecule has 0 bridgehead atoms. The van der Waals surface area contributed by atoms with Gasteiger partial charge in [0.15, 0.2) is 0 Å². The van der Waals surface area contributed by atoms with Crippen LogP contribution in [0.4, 0.5) is 13.2 Å². The number of carbonyl (C=O) groups is 2. The van der Waals surface area contributed by atoms with Gasteiger partial charge >= 0.3 is 12.1 Å². The number of hydrogen-bond donors (Lipinski definition) is 2. The van der Waals surface area contributed by atoms with Crippen LogP contribution in [0.15, 0.2) is 42.5 Å². The molecule has 0 aromatic heterocycles. The number of alkyl halides is 3. The summed E-state index contributed by atoms with van der Waals surface area (Å²) in [6.07, 6.45) is -0.158. The molecule has 0 fully saturated rings. The van der Waals surface area contributed by atoms with E-state index in [2.05, 4.69) is 5.32 Å². The van der Waals surface area contributed by atoms with Gasteiger partial charge in [-0.05, 0) is 31.7 Å². The second-order valence-electron chi connectivity index (χ2n) is 6.61. The molecular weight excluding hydrogens is 371 g/mol. The lowest BCUT2D eigenvalue weighted by Crippen LogP contribution is -2.44. The van der Waals surface area contributed by atoms with Gasteiger partial charge in [0.05, 0.1) is 6.04 Å². The van der Waals surface area contributed by atoms with E-state index in [0.717, 1.165) is 10.5 Å². The van der Waals surface area contributed by atoms with E-state index >= 15 is 0 Å². The van der Waals surface area contributed by atoms with Gasteiger partial charge in [-0.15, -0.1) is 0 Å². The van der Waals surface area contributed by atoms with E-state index in [9.17, 15) is 22.8 Å². The highest BCUT2D eigenvalue weighted by molar-refractivity contribution is 5.82. The zero-order chi connectivity index (χ0) is 21.2. The van der Waals surface area contributed by atoms with Gasteiger partial charge in [0.1, 0.15) is 0 Å². The molecule has 5 nitrogen and oxygen atoms in total. The number of nitrogens with two attached hydrogens (primary N) is 1. The molecule has 1 rings (SSSR count). The molecule has 2 atom stereocenters. The molecule has 0 aliphatic heterocycles. The molecule has 0 radical (unpaired) electrons. The molecule has 3 N–H and O–H groups in total. The zero-order valence-corrected chi connectivity index (χ0v) is 16.2. The summed E-state index contributed by atoms with van der Waals surface area (Å²) in [6.45, 7) is 3.08. The standard InChI is InChI=1S/C20H28F3N3O2/c1-3-13-26(19(28)20(21,22)23)14-7-10-17(25-18(27)15(2)24)12-11-16-8-5-4-6-9-16/h4-10,15,17H,3,11-14,24H2,1-2H3,(H,25,27)/b10-7+/t15-,17+/m0/s1. The minimum absolute atomic E-state index is 0.00353. The van der Waals surface area contributed by atoms with Crippen molar-refractivity contribution in [3.8, 4) is 0 Å². The maximum absolute atomic E-state index is 12.7. The second kappa shape index (κ2) is 11.5. The van der Waals surface area contributed by atoms with Crippen LogP contribution >= 0.6 is 0 Å². The molecule has 0 aliphatic carbocycles. The van der Waals surface area contributed by atoms with E-state index < -0.39 is 24.2 Å². The number of aryl methyl sites for hydroxylation is 1. The summed E-state index contributed by atoms with van der Waals surface area (Å²) < 4.78 is 38.1. The van der Waals surface area contributed by atoms with Gasteiger partial charge in [-0.25, -0.2) is 0 Å². The fraction of sp³-hybridized carbons (Fsp3) is 0.500. The Labute approximate surface area is 163 Å². The number of benzene rings is 1. The van der Waals surface area contributed by atoms with Gasteiger partial charge in [-0.1, -0.05) is 49.4 Å². The monoisotopic (exact) mass is 399 g/mol. The Morgan fingerprint density at radius 1 is 1.25 bits per heavy atom. The number of hydrogen-bond acceptors (Lipinski definition) is 3. The van der Waals surface area contributed by atoms with Crippen molar-refractivity contribution in [2.45, 2.75) is 51.4 Å². The highest BCUT2D eigenvalue weighted by atomic mass is 19.4. The molecule has 0 unspecified atom stereocenters. The molecule has 0 heterocycles. The normalized spacial score (nSPS) is 13.9. The number of nitrogens with zero attached hydrogens (tertiary/aromatic N) is 1. The summed E-state index contributed by atoms with van der Waals surface area (Å²) in [5.74, 6) is -2.21. The van der Waals surface area contributed by atoms with Gasteiger partial charge in [-0.3, -0.25) is 9.59 Å². The van der Waals surface area contributed by atoms with Crippen LogP contribution in [0.2, 0.25) is 0 Å². The third-order valence-corrected chi connectivity index (χ3v) is 4.05. The van der Waals surface area contributed by atoms with Crippen LogP contribution in [0, 0.1) is 0 Å². The third-order valence-electron chi connectivity index (χ3n) is 4.05. The summed E-state index contributed by atoms with van der Waals surface area (Å²) in [4.78, 5) is 24.2. The molecule has 156 valence electrons. The van der Waals surface area contributed by atoms with E-state index in [4.69, 9.17) is 5.73 Å². The summed E-state index contributed by atoms with van der Waals surface area (Å²) in [5, 5.41) is 2.78. The Bertz CT molecular complexity index is 646. The van der Waals surface area contributed by atoms with Crippen molar-refractivity contribution >= 4 is 11.8 Å². The average molecular weight is 399 g/mol. The van der Waals surface area contributed by atoms with E-state index in [1.54, 1.807) is 19.9 Å². The van der Waals surface area contributed by atoms with Crippen molar-refractivity contribution < 1.29 is 22.8 Å². The first-order chi connectivity index (χ1) is 13.1. The number of halogens is 3. The van der Waals surface area contributed by atoms with Crippen LogP contribution < -0.4 is 11.1 Å². The molecule has 1 aromatic rings. The second-order valence-corrected chi connectivity index (χ2v) is 6.61. The van der Waals surface area contributed by atoms with Crippen LogP contribution in [0.3, 0.4) is 0 Å². The van der Waals surface area contributed by atoms with Gasteiger partial charge in [-0.2, -0.15) is 13.2 Å². The first-order valence-electron chi connectivity index (χ1n) is 9.27. The zero-order valence-electron chi connectivity index (χ0n) is 16.2. The van der Waals surface area contributed by atoms with Crippen LogP contribution in [-0.2, 0) is 16.0 Å². The van der Waals surface area contributed by atoms with E-state index in [1.807, 2.05) is 30.3 Å². The molecule has 0 spiro atoms. The minimum Gasteiger partial charge on any atom is -0.349 e. The highest BCUT2D eigenvalue weighted by Gasteiger charge is 2.41. The lowest BCUT2D eigenvalue weighted by atomic mass is 10.0. The fourth-order valence-corrected chi connectivity index (χ4v) is 2.57. The van der Waals surface area contributed by atoms with Crippen LogP contribution in [0.1, 0.15) is 32.3 Å². The van der Waals surface area contributed by atoms with Gasteiger partial charge in [0.2, 0.25) is 5.91 Å². The Morgan fingerprint density at radius 2 is 1.89 bits per heavy atom. The minimum atomic E-state index is -4.90. The first-order valence-corrected chi connectivity index (χ1v) is 9.27. The third kappa shape index (κ3) is 8.56. The van der Waals surface area contributed by atoms with Gasteiger partial charge in [0.25, 0.3) is 0 Å². The summed E-state index contributed by atoms with van der Waals surface area (Å²) in [7, 11) is 0. The Kier molecular flexibility index (Phi) is 9.72. The number of nitrogens with one attached hydrogen (secondary N) is 1. The molecule has 1 aromatic carbocycles. The smallest absolute Gasteiger partial charge is 0.349 e. The van der Waals surface area contributed by atoms with Gasteiger partial charge < -0.3 is 16.0 Å². The Morgan fingerprint density at radius 3 is 2.43 bits per heavy atom. The number of amides is 2.